The Hall–Kier alpha value is -3.34. The molecule has 178 valence electrons. The van der Waals surface area contributed by atoms with Crippen molar-refractivity contribution in [2.45, 2.75) is 32.4 Å². The highest BCUT2D eigenvalue weighted by atomic mass is 35.5. The molecule has 0 saturated carbocycles. The SMILES string of the molecule is Cc1c(C(=O)NC2CCN(Cc3ccccc3)CC2)cc(-c2ccccc2)n1-c1ccccc1Cl. The molecule has 2 heterocycles. The summed E-state index contributed by atoms with van der Waals surface area (Å²) in [4.78, 5) is 15.9. The number of carbonyl (C=O) groups excluding carboxylic acids is 1. The van der Waals surface area contributed by atoms with Crippen LogP contribution in [0.15, 0.2) is 91.0 Å². The molecule has 1 amide bonds. The highest BCUT2D eigenvalue weighted by molar-refractivity contribution is 6.32. The molecule has 4 nitrogen and oxygen atoms in total. The third-order valence-corrected chi connectivity index (χ3v) is 7.15. The van der Waals surface area contributed by atoms with Crippen molar-refractivity contribution in [3.63, 3.8) is 0 Å². The number of piperidine rings is 1. The zero-order valence-corrected chi connectivity index (χ0v) is 20.7. The van der Waals surface area contributed by atoms with Gasteiger partial charge in [-0.1, -0.05) is 84.4 Å². The van der Waals surface area contributed by atoms with Crippen LogP contribution in [-0.4, -0.2) is 34.5 Å². The summed E-state index contributed by atoms with van der Waals surface area (Å²) >= 11 is 6.58. The molecule has 1 saturated heterocycles. The molecule has 0 radical (unpaired) electrons. The summed E-state index contributed by atoms with van der Waals surface area (Å²) in [6, 6.07) is 30.6. The summed E-state index contributed by atoms with van der Waals surface area (Å²) in [6.07, 6.45) is 1.91. The maximum absolute atomic E-state index is 13.4. The second-order valence-corrected chi connectivity index (χ2v) is 9.60. The number of hydrogen-bond donors (Lipinski definition) is 1. The van der Waals surface area contributed by atoms with Crippen LogP contribution in [0.25, 0.3) is 16.9 Å². The fourth-order valence-electron chi connectivity index (χ4n) is 4.94. The van der Waals surface area contributed by atoms with E-state index in [1.807, 2.05) is 55.5 Å². The molecule has 5 rings (SSSR count). The number of benzene rings is 3. The van der Waals surface area contributed by atoms with Gasteiger partial charge in [0.2, 0.25) is 0 Å². The van der Waals surface area contributed by atoms with Crippen molar-refractivity contribution >= 4 is 17.5 Å². The van der Waals surface area contributed by atoms with E-state index in [4.69, 9.17) is 11.6 Å². The Balaban J connectivity index is 1.35. The fraction of sp³-hybridized carbons (Fsp3) is 0.233. The monoisotopic (exact) mass is 483 g/mol. The zero-order valence-electron chi connectivity index (χ0n) is 20.0. The van der Waals surface area contributed by atoms with Crippen molar-refractivity contribution in [2.75, 3.05) is 13.1 Å². The number of likely N-dealkylation sites (tertiary alicyclic amines) is 1. The smallest absolute Gasteiger partial charge is 0.253 e. The molecule has 5 heteroatoms. The van der Waals surface area contributed by atoms with Crippen LogP contribution in [0.5, 0.6) is 0 Å². The number of aromatic nitrogens is 1. The van der Waals surface area contributed by atoms with E-state index in [1.165, 1.54) is 5.56 Å². The summed E-state index contributed by atoms with van der Waals surface area (Å²) in [5, 5.41) is 3.96. The second kappa shape index (κ2) is 10.5. The standard InChI is InChI=1S/C30H30ClN3O/c1-22-26(30(35)32-25-16-18-33(19-17-25)21-23-10-4-2-5-11-23)20-29(24-12-6-3-7-13-24)34(22)28-15-9-8-14-27(28)31/h2-15,20,25H,16-19,21H2,1H3,(H,32,35). The van der Waals surface area contributed by atoms with Crippen molar-refractivity contribution in [1.82, 2.24) is 14.8 Å². The first kappa shape index (κ1) is 23.4. The van der Waals surface area contributed by atoms with Gasteiger partial charge in [-0.2, -0.15) is 0 Å². The first-order chi connectivity index (χ1) is 17.1. The fourth-order valence-corrected chi connectivity index (χ4v) is 5.16. The van der Waals surface area contributed by atoms with E-state index in [0.29, 0.717) is 10.6 Å². The molecule has 35 heavy (non-hydrogen) atoms. The lowest BCUT2D eigenvalue weighted by atomic mass is 10.0. The minimum Gasteiger partial charge on any atom is -0.349 e. The molecule has 1 N–H and O–H groups in total. The molecule has 4 aromatic rings. The molecule has 1 fully saturated rings. The second-order valence-electron chi connectivity index (χ2n) is 9.19. The average molecular weight is 484 g/mol. The van der Waals surface area contributed by atoms with Crippen LogP contribution in [0.1, 0.15) is 34.5 Å². The van der Waals surface area contributed by atoms with Crippen LogP contribution in [0.2, 0.25) is 5.02 Å². The van der Waals surface area contributed by atoms with Gasteiger partial charge in [-0.05, 0) is 49.1 Å². The maximum atomic E-state index is 13.4. The quantitative estimate of drug-likeness (QED) is 0.340. The number of nitrogens with one attached hydrogen (secondary N) is 1. The van der Waals surface area contributed by atoms with E-state index in [0.717, 1.165) is 55.1 Å². The minimum atomic E-state index is -0.0213. The van der Waals surface area contributed by atoms with E-state index in [2.05, 4.69) is 57.2 Å². The van der Waals surface area contributed by atoms with Crippen molar-refractivity contribution in [3.8, 4) is 16.9 Å². The molecule has 1 aliphatic rings. The van der Waals surface area contributed by atoms with Gasteiger partial charge in [0.25, 0.3) is 5.91 Å². The van der Waals surface area contributed by atoms with E-state index < -0.39 is 0 Å². The Morgan fingerprint density at radius 3 is 2.23 bits per heavy atom. The van der Waals surface area contributed by atoms with Gasteiger partial charge in [0, 0.05) is 31.4 Å². The molecule has 3 aromatic carbocycles. The lowest BCUT2D eigenvalue weighted by molar-refractivity contribution is 0.0908. The minimum absolute atomic E-state index is 0.0213. The molecule has 1 aliphatic heterocycles. The predicted molar refractivity (Wildman–Crippen MR) is 143 cm³/mol. The van der Waals surface area contributed by atoms with Crippen molar-refractivity contribution in [2.24, 2.45) is 0 Å². The first-order valence-corrected chi connectivity index (χ1v) is 12.6. The maximum Gasteiger partial charge on any atom is 0.253 e. The van der Waals surface area contributed by atoms with E-state index in [-0.39, 0.29) is 11.9 Å². The van der Waals surface area contributed by atoms with Crippen molar-refractivity contribution < 1.29 is 4.79 Å². The lowest BCUT2D eigenvalue weighted by Gasteiger charge is -2.32. The van der Waals surface area contributed by atoms with Gasteiger partial charge in [0.05, 0.1) is 22.0 Å². The van der Waals surface area contributed by atoms with Gasteiger partial charge in [-0.25, -0.2) is 0 Å². The van der Waals surface area contributed by atoms with Crippen LogP contribution in [0, 0.1) is 6.92 Å². The Bertz CT molecular complexity index is 1290. The van der Waals surface area contributed by atoms with Crippen LogP contribution < -0.4 is 5.32 Å². The van der Waals surface area contributed by atoms with Gasteiger partial charge in [-0.3, -0.25) is 9.69 Å². The molecular weight excluding hydrogens is 454 g/mol. The number of para-hydroxylation sites is 1. The number of halogens is 1. The molecule has 0 unspecified atom stereocenters. The van der Waals surface area contributed by atoms with Gasteiger partial charge in [0.1, 0.15) is 0 Å². The normalized spacial score (nSPS) is 14.7. The van der Waals surface area contributed by atoms with E-state index in [9.17, 15) is 4.79 Å². The molecule has 0 bridgehead atoms. The Morgan fingerprint density at radius 2 is 1.54 bits per heavy atom. The van der Waals surface area contributed by atoms with E-state index in [1.54, 1.807) is 0 Å². The highest BCUT2D eigenvalue weighted by Crippen LogP contribution is 2.32. The topological polar surface area (TPSA) is 37.3 Å². The van der Waals surface area contributed by atoms with Crippen LogP contribution in [0.3, 0.4) is 0 Å². The Morgan fingerprint density at radius 1 is 0.914 bits per heavy atom. The van der Waals surface area contributed by atoms with Gasteiger partial charge >= 0.3 is 0 Å². The molecule has 0 aliphatic carbocycles. The van der Waals surface area contributed by atoms with Gasteiger partial charge < -0.3 is 9.88 Å². The molecule has 0 spiro atoms. The van der Waals surface area contributed by atoms with Crippen LogP contribution in [0.4, 0.5) is 0 Å². The average Bonchev–Trinajstić information content (AvgIpc) is 3.23. The van der Waals surface area contributed by atoms with Crippen molar-refractivity contribution in [1.29, 1.82) is 0 Å². The summed E-state index contributed by atoms with van der Waals surface area (Å²) < 4.78 is 2.09. The third-order valence-electron chi connectivity index (χ3n) is 6.83. The third kappa shape index (κ3) is 5.19. The highest BCUT2D eigenvalue weighted by Gasteiger charge is 2.25. The lowest BCUT2D eigenvalue weighted by Crippen LogP contribution is -2.44. The van der Waals surface area contributed by atoms with Gasteiger partial charge in [-0.15, -0.1) is 0 Å². The Labute approximate surface area is 212 Å². The molecule has 1 aromatic heterocycles. The molecular formula is C30H30ClN3O. The summed E-state index contributed by atoms with van der Waals surface area (Å²) in [7, 11) is 0. The Kier molecular flexibility index (Phi) is 7.03. The molecule has 0 atom stereocenters. The van der Waals surface area contributed by atoms with E-state index >= 15 is 0 Å². The zero-order chi connectivity index (χ0) is 24.2. The van der Waals surface area contributed by atoms with Crippen LogP contribution in [-0.2, 0) is 6.54 Å². The van der Waals surface area contributed by atoms with Crippen molar-refractivity contribution in [3.05, 3.63) is 113 Å². The van der Waals surface area contributed by atoms with Gasteiger partial charge in [0.15, 0.2) is 0 Å². The predicted octanol–water partition coefficient (Wildman–Crippen LogP) is 6.50. The first-order valence-electron chi connectivity index (χ1n) is 12.2. The summed E-state index contributed by atoms with van der Waals surface area (Å²) in [5.41, 5.74) is 5.79. The number of amides is 1. The number of carbonyl (C=O) groups is 1. The summed E-state index contributed by atoms with van der Waals surface area (Å²) in [5.74, 6) is -0.0213. The number of rotatable bonds is 6. The number of hydrogen-bond acceptors (Lipinski definition) is 2. The number of nitrogens with zero attached hydrogens (tertiary/aromatic N) is 2. The summed E-state index contributed by atoms with van der Waals surface area (Å²) in [6.45, 7) is 4.92. The van der Waals surface area contributed by atoms with Crippen LogP contribution >= 0.6 is 11.6 Å². The largest absolute Gasteiger partial charge is 0.349 e.